The van der Waals surface area contributed by atoms with E-state index in [0.29, 0.717) is 12.6 Å². The molecular formula is C17H27ClFN3O. The van der Waals surface area contributed by atoms with Crippen LogP contribution in [-0.4, -0.2) is 44.0 Å². The van der Waals surface area contributed by atoms with Crippen molar-refractivity contribution in [3.8, 4) is 0 Å². The lowest BCUT2D eigenvalue weighted by Gasteiger charge is -2.29. The van der Waals surface area contributed by atoms with E-state index in [2.05, 4.69) is 17.6 Å². The first-order valence-electron chi connectivity index (χ1n) is 7.90. The van der Waals surface area contributed by atoms with Crippen LogP contribution in [0.3, 0.4) is 0 Å². The molecule has 0 spiro atoms. The molecule has 1 aliphatic heterocycles. The third kappa shape index (κ3) is 5.75. The van der Waals surface area contributed by atoms with Crippen LogP contribution in [0.5, 0.6) is 0 Å². The fourth-order valence-corrected chi connectivity index (χ4v) is 3.02. The van der Waals surface area contributed by atoms with Crippen LogP contribution in [0.1, 0.15) is 31.4 Å². The van der Waals surface area contributed by atoms with E-state index in [1.54, 1.807) is 6.07 Å². The summed E-state index contributed by atoms with van der Waals surface area (Å²) in [5.74, 6) is -0.0639. The smallest absolute Gasteiger partial charge is 0.223 e. The van der Waals surface area contributed by atoms with Crippen molar-refractivity contribution in [1.82, 2.24) is 15.5 Å². The van der Waals surface area contributed by atoms with Crippen molar-refractivity contribution in [2.45, 2.75) is 31.8 Å². The number of nitrogens with one attached hydrogen (secondary N) is 2. The average molecular weight is 344 g/mol. The minimum Gasteiger partial charge on any atom is -0.354 e. The predicted molar refractivity (Wildman–Crippen MR) is 93.3 cm³/mol. The van der Waals surface area contributed by atoms with E-state index in [0.717, 1.165) is 24.9 Å². The summed E-state index contributed by atoms with van der Waals surface area (Å²) in [4.78, 5) is 14.3. The van der Waals surface area contributed by atoms with Crippen molar-refractivity contribution >= 4 is 18.3 Å². The molecule has 1 aromatic rings. The van der Waals surface area contributed by atoms with Gasteiger partial charge < -0.3 is 15.5 Å². The molecular weight excluding hydrogens is 317 g/mol. The lowest BCUT2D eigenvalue weighted by molar-refractivity contribution is -0.126. The molecule has 0 radical (unpaired) electrons. The topological polar surface area (TPSA) is 44.4 Å². The van der Waals surface area contributed by atoms with E-state index in [-0.39, 0.29) is 36.1 Å². The molecule has 1 aromatic carbocycles. The number of likely N-dealkylation sites (N-methyl/N-ethyl adjacent to an activating group) is 1. The van der Waals surface area contributed by atoms with E-state index < -0.39 is 0 Å². The molecule has 0 saturated carbocycles. The zero-order valence-electron chi connectivity index (χ0n) is 14.0. The summed E-state index contributed by atoms with van der Waals surface area (Å²) in [6, 6.07) is 6.93. The lowest BCUT2D eigenvalue weighted by atomic mass is 9.92. The van der Waals surface area contributed by atoms with Gasteiger partial charge in [0, 0.05) is 18.5 Å². The Labute approximate surface area is 144 Å². The van der Waals surface area contributed by atoms with Gasteiger partial charge in [0.15, 0.2) is 0 Å². The number of nitrogens with zero attached hydrogens (tertiary/aromatic N) is 1. The molecule has 1 fully saturated rings. The molecule has 1 heterocycles. The van der Waals surface area contributed by atoms with Gasteiger partial charge in [0.2, 0.25) is 5.91 Å². The van der Waals surface area contributed by atoms with Gasteiger partial charge in [-0.2, -0.15) is 0 Å². The first-order chi connectivity index (χ1) is 10.5. The highest BCUT2D eigenvalue weighted by Crippen LogP contribution is 2.20. The number of piperidine rings is 1. The number of carbonyl (C=O) groups is 1. The molecule has 1 saturated heterocycles. The van der Waals surface area contributed by atoms with Gasteiger partial charge in [-0.1, -0.05) is 12.1 Å². The van der Waals surface area contributed by atoms with Gasteiger partial charge in [-0.05, 0) is 58.1 Å². The zero-order valence-corrected chi connectivity index (χ0v) is 14.8. The quantitative estimate of drug-likeness (QED) is 0.862. The Hall–Kier alpha value is -1.17. The Morgan fingerprint density at radius 2 is 2.22 bits per heavy atom. The van der Waals surface area contributed by atoms with Gasteiger partial charge in [0.1, 0.15) is 5.82 Å². The van der Waals surface area contributed by atoms with Crippen LogP contribution in [0, 0.1) is 11.7 Å². The monoisotopic (exact) mass is 343 g/mol. The van der Waals surface area contributed by atoms with E-state index >= 15 is 0 Å². The summed E-state index contributed by atoms with van der Waals surface area (Å²) in [6.45, 7) is 3.49. The molecule has 2 N–H and O–H groups in total. The van der Waals surface area contributed by atoms with Gasteiger partial charge in [0.25, 0.3) is 0 Å². The maximum absolute atomic E-state index is 13.4. The first kappa shape index (κ1) is 19.9. The van der Waals surface area contributed by atoms with E-state index in [4.69, 9.17) is 0 Å². The largest absolute Gasteiger partial charge is 0.354 e. The summed E-state index contributed by atoms with van der Waals surface area (Å²) in [5, 5.41) is 6.39. The Morgan fingerprint density at radius 3 is 2.83 bits per heavy atom. The Bertz CT molecular complexity index is 512. The van der Waals surface area contributed by atoms with Crippen LogP contribution < -0.4 is 10.6 Å². The van der Waals surface area contributed by atoms with Crippen LogP contribution >= 0.6 is 12.4 Å². The van der Waals surface area contributed by atoms with Crippen molar-refractivity contribution in [3.05, 3.63) is 35.6 Å². The molecule has 23 heavy (non-hydrogen) atoms. The molecule has 3 atom stereocenters. The van der Waals surface area contributed by atoms with Gasteiger partial charge >= 0.3 is 0 Å². The highest BCUT2D eigenvalue weighted by atomic mass is 35.5. The summed E-state index contributed by atoms with van der Waals surface area (Å²) in [5.41, 5.74) is 0.879. The Kier molecular flexibility index (Phi) is 7.95. The fraction of sp³-hybridized carbons (Fsp3) is 0.588. The van der Waals surface area contributed by atoms with Gasteiger partial charge in [-0.25, -0.2) is 4.39 Å². The average Bonchev–Trinajstić information content (AvgIpc) is 2.47. The van der Waals surface area contributed by atoms with Gasteiger partial charge in [-0.15, -0.1) is 12.4 Å². The van der Waals surface area contributed by atoms with E-state index in [1.807, 2.05) is 25.1 Å². The maximum Gasteiger partial charge on any atom is 0.223 e. The van der Waals surface area contributed by atoms with Gasteiger partial charge in [-0.3, -0.25) is 4.79 Å². The van der Waals surface area contributed by atoms with Crippen molar-refractivity contribution in [3.63, 3.8) is 0 Å². The minimum atomic E-state index is -0.247. The van der Waals surface area contributed by atoms with Crippen LogP contribution in [0.15, 0.2) is 24.3 Å². The number of rotatable bonds is 5. The van der Waals surface area contributed by atoms with Crippen molar-refractivity contribution in [2.75, 3.05) is 27.2 Å². The highest BCUT2D eigenvalue weighted by Gasteiger charge is 2.25. The molecule has 6 heteroatoms. The number of amides is 1. The molecule has 0 aliphatic carbocycles. The second kappa shape index (κ2) is 9.21. The lowest BCUT2D eigenvalue weighted by Crippen LogP contribution is -2.44. The molecule has 1 aliphatic rings. The maximum atomic E-state index is 13.4. The predicted octanol–water partition coefficient (Wildman–Crippen LogP) is 2.35. The zero-order chi connectivity index (χ0) is 16.1. The molecule has 1 unspecified atom stereocenters. The highest BCUT2D eigenvalue weighted by molar-refractivity contribution is 5.85. The third-order valence-corrected chi connectivity index (χ3v) is 4.32. The molecule has 0 bridgehead atoms. The molecule has 0 aromatic heterocycles. The SMILES string of the molecule is C[C@H]1C[C@@H](C(=O)NCC(c2cccc(F)c2)N(C)C)CCN1.Cl. The summed E-state index contributed by atoms with van der Waals surface area (Å²) in [6.07, 6.45) is 1.75. The molecule has 4 nitrogen and oxygen atoms in total. The summed E-state index contributed by atoms with van der Waals surface area (Å²) in [7, 11) is 3.88. The van der Waals surface area contributed by atoms with Crippen LogP contribution in [-0.2, 0) is 4.79 Å². The molecule has 2 rings (SSSR count). The van der Waals surface area contributed by atoms with Crippen LogP contribution in [0.25, 0.3) is 0 Å². The third-order valence-electron chi connectivity index (χ3n) is 4.32. The minimum absolute atomic E-state index is 0. The molecule has 130 valence electrons. The molecule has 1 amide bonds. The van der Waals surface area contributed by atoms with Crippen molar-refractivity contribution in [2.24, 2.45) is 5.92 Å². The summed E-state index contributed by atoms with van der Waals surface area (Å²) >= 11 is 0. The van der Waals surface area contributed by atoms with E-state index in [9.17, 15) is 9.18 Å². The Balaban J connectivity index is 0.00000264. The van der Waals surface area contributed by atoms with Crippen molar-refractivity contribution in [1.29, 1.82) is 0 Å². The van der Waals surface area contributed by atoms with E-state index in [1.165, 1.54) is 12.1 Å². The number of benzene rings is 1. The van der Waals surface area contributed by atoms with Gasteiger partial charge in [0.05, 0.1) is 6.04 Å². The number of hydrogen-bond acceptors (Lipinski definition) is 3. The first-order valence-corrected chi connectivity index (χ1v) is 7.90. The van der Waals surface area contributed by atoms with Crippen LogP contribution in [0.4, 0.5) is 4.39 Å². The van der Waals surface area contributed by atoms with Crippen molar-refractivity contribution < 1.29 is 9.18 Å². The Morgan fingerprint density at radius 1 is 1.48 bits per heavy atom. The second-order valence-electron chi connectivity index (χ2n) is 6.36. The summed E-state index contributed by atoms with van der Waals surface area (Å²) < 4.78 is 13.4. The standard InChI is InChI=1S/C17H26FN3O.ClH/c1-12-9-14(7-8-19-12)17(22)20-11-16(21(2)3)13-5-4-6-15(18)10-13;/h4-6,10,12,14,16,19H,7-9,11H2,1-3H3,(H,20,22);1H/t12-,14-,16?;/m0./s1. The van der Waals surface area contributed by atoms with Crippen LogP contribution in [0.2, 0.25) is 0 Å². The number of carbonyl (C=O) groups excluding carboxylic acids is 1. The normalized spacial score (nSPS) is 22.3. The second-order valence-corrected chi connectivity index (χ2v) is 6.36. The fourth-order valence-electron chi connectivity index (χ4n) is 3.02. The number of hydrogen-bond donors (Lipinski definition) is 2. The number of halogens is 2.